The largest absolute Gasteiger partial charge is 0.370 e. The summed E-state index contributed by atoms with van der Waals surface area (Å²) in [5.74, 6) is -0.211. The Morgan fingerprint density at radius 2 is 1.53 bits per heavy atom. The first-order valence-electron chi connectivity index (χ1n) is 6.29. The Kier molecular flexibility index (Phi) is 13.6. The van der Waals surface area contributed by atoms with E-state index in [1.165, 1.54) is 17.5 Å². The zero-order chi connectivity index (χ0) is 13.7. The maximum Gasteiger partial charge on any atom is 0.217 e. The topological polar surface area (TPSA) is 43.1 Å². The number of amides is 1. The van der Waals surface area contributed by atoms with Crippen LogP contribution in [0.2, 0.25) is 0 Å². The molecule has 0 saturated heterocycles. The first-order chi connectivity index (χ1) is 7.97. The summed E-state index contributed by atoms with van der Waals surface area (Å²) in [5, 5.41) is 0. The zero-order valence-electron chi connectivity index (χ0n) is 11.9. The summed E-state index contributed by atoms with van der Waals surface area (Å²) in [4.78, 5) is 9.82. The number of benzene rings is 1. The fraction of sp³-hybridized carbons (Fsp3) is 0.533. The monoisotopic (exact) mass is 237 g/mol. The summed E-state index contributed by atoms with van der Waals surface area (Å²) in [6.07, 6.45) is 2.62. The molecule has 0 radical (unpaired) electrons. The van der Waals surface area contributed by atoms with Gasteiger partial charge in [-0.3, -0.25) is 4.79 Å². The minimum absolute atomic E-state index is 0.211. The summed E-state index contributed by atoms with van der Waals surface area (Å²) >= 11 is 0. The Hall–Kier alpha value is -1.31. The molecule has 1 amide bonds. The molecular weight excluding hydrogens is 210 g/mol. The Bertz CT molecular complexity index is 277. The average molecular weight is 237 g/mol. The fourth-order valence-electron chi connectivity index (χ4n) is 1.05. The molecule has 0 saturated carbocycles. The van der Waals surface area contributed by atoms with Crippen molar-refractivity contribution in [3.63, 3.8) is 0 Å². The molecule has 98 valence electrons. The molecule has 0 aliphatic carbocycles. The lowest BCUT2D eigenvalue weighted by Gasteiger charge is -1.90. The van der Waals surface area contributed by atoms with Gasteiger partial charge in [-0.2, -0.15) is 0 Å². The van der Waals surface area contributed by atoms with Crippen LogP contribution in [-0.4, -0.2) is 5.91 Å². The SMILES string of the molecule is CCC.CCCC(N)=O.Cc1cccc(C)c1. The molecule has 1 aromatic carbocycles. The molecule has 0 heterocycles. The Balaban J connectivity index is 0. The van der Waals surface area contributed by atoms with Crippen molar-refractivity contribution in [1.29, 1.82) is 0 Å². The van der Waals surface area contributed by atoms with Crippen molar-refractivity contribution in [3.8, 4) is 0 Å². The lowest BCUT2D eigenvalue weighted by Crippen LogP contribution is -2.08. The molecule has 0 fully saturated rings. The molecule has 0 aromatic heterocycles. The van der Waals surface area contributed by atoms with E-state index in [-0.39, 0.29) is 5.91 Å². The van der Waals surface area contributed by atoms with Crippen LogP contribution in [0.5, 0.6) is 0 Å². The van der Waals surface area contributed by atoms with Crippen molar-refractivity contribution in [3.05, 3.63) is 35.4 Å². The molecular formula is C15H27NO. The fourth-order valence-corrected chi connectivity index (χ4v) is 1.05. The van der Waals surface area contributed by atoms with Crippen molar-refractivity contribution >= 4 is 5.91 Å². The van der Waals surface area contributed by atoms with Gasteiger partial charge in [0.25, 0.3) is 0 Å². The third-order valence-corrected chi connectivity index (χ3v) is 1.67. The number of carbonyl (C=O) groups excluding carboxylic acids is 1. The highest BCUT2D eigenvalue weighted by Gasteiger charge is 1.84. The number of hydrogen-bond donors (Lipinski definition) is 1. The van der Waals surface area contributed by atoms with Gasteiger partial charge in [0, 0.05) is 6.42 Å². The second kappa shape index (κ2) is 12.8. The van der Waals surface area contributed by atoms with Gasteiger partial charge in [0.1, 0.15) is 0 Å². The minimum Gasteiger partial charge on any atom is -0.370 e. The highest BCUT2D eigenvalue weighted by atomic mass is 16.1. The summed E-state index contributed by atoms with van der Waals surface area (Å²) in [7, 11) is 0. The van der Waals surface area contributed by atoms with E-state index in [1.807, 2.05) is 6.92 Å². The van der Waals surface area contributed by atoms with E-state index < -0.39 is 0 Å². The van der Waals surface area contributed by atoms with Crippen LogP contribution >= 0.6 is 0 Å². The third-order valence-electron chi connectivity index (χ3n) is 1.67. The van der Waals surface area contributed by atoms with Crippen LogP contribution in [0.25, 0.3) is 0 Å². The maximum absolute atomic E-state index is 9.82. The Morgan fingerprint density at radius 3 is 1.65 bits per heavy atom. The van der Waals surface area contributed by atoms with Crippen molar-refractivity contribution in [1.82, 2.24) is 0 Å². The van der Waals surface area contributed by atoms with Crippen LogP contribution in [0.15, 0.2) is 24.3 Å². The van der Waals surface area contributed by atoms with Gasteiger partial charge in [-0.1, -0.05) is 62.6 Å². The van der Waals surface area contributed by atoms with Gasteiger partial charge in [0.2, 0.25) is 5.91 Å². The molecule has 2 nitrogen and oxygen atoms in total. The smallest absolute Gasteiger partial charge is 0.217 e. The molecule has 1 rings (SSSR count). The van der Waals surface area contributed by atoms with Gasteiger partial charge in [-0.25, -0.2) is 0 Å². The number of primary amides is 1. The van der Waals surface area contributed by atoms with Crippen molar-refractivity contribution < 1.29 is 4.79 Å². The van der Waals surface area contributed by atoms with Crippen LogP contribution < -0.4 is 5.73 Å². The van der Waals surface area contributed by atoms with Gasteiger partial charge in [0.15, 0.2) is 0 Å². The van der Waals surface area contributed by atoms with Gasteiger partial charge in [-0.15, -0.1) is 0 Å². The molecule has 0 aliphatic heterocycles. The number of rotatable bonds is 2. The van der Waals surface area contributed by atoms with Gasteiger partial charge < -0.3 is 5.73 Å². The predicted molar refractivity (Wildman–Crippen MR) is 76.0 cm³/mol. The molecule has 0 unspecified atom stereocenters. The molecule has 0 spiro atoms. The van der Waals surface area contributed by atoms with Gasteiger partial charge in [-0.05, 0) is 20.3 Å². The summed E-state index contributed by atoms with van der Waals surface area (Å²) in [5.41, 5.74) is 7.44. The summed E-state index contributed by atoms with van der Waals surface area (Å²) < 4.78 is 0. The Morgan fingerprint density at radius 1 is 1.12 bits per heavy atom. The summed E-state index contributed by atoms with van der Waals surface area (Å²) in [6.45, 7) is 10.4. The lowest BCUT2D eigenvalue weighted by molar-refractivity contribution is -0.118. The average Bonchev–Trinajstić information content (AvgIpc) is 2.18. The van der Waals surface area contributed by atoms with Crippen molar-refractivity contribution in [2.24, 2.45) is 5.73 Å². The van der Waals surface area contributed by atoms with Crippen molar-refractivity contribution in [2.75, 3.05) is 0 Å². The maximum atomic E-state index is 9.82. The van der Waals surface area contributed by atoms with Crippen LogP contribution in [0.1, 0.15) is 51.2 Å². The second-order valence-corrected chi connectivity index (χ2v) is 4.08. The lowest BCUT2D eigenvalue weighted by atomic mass is 10.2. The van der Waals surface area contributed by atoms with E-state index in [9.17, 15) is 4.79 Å². The third kappa shape index (κ3) is 17.3. The Labute approximate surface area is 106 Å². The first kappa shape index (κ1) is 18.1. The normalized spacial score (nSPS) is 8.29. The molecule has 17 heavy (non-hydrogen) atoms. The van der Waals surface area contributed by atoms with Crippen LogP contribution in [0, 0.1) is 13.8 Å². The molecule has 0 aliphatic rings. The molecule has 2 heteroatoms. The van der Waals surface area contributed by atoms with E-state index in [0.29, 0.717) is 6.42 Å². The number of nitrogens with two attached hydrogens (primary N) is 1. The number of aryl methyl sites for hydroxylation is 2. The van der Waals surface area contributed by atoms with Crippen LogP contribution in [0.4, 0.5) is 0 Å². The standard InChI is InChI=1S/C8H10.C4H9NO.C3H8/c1-7-4-3-5-8(2)6-7;1-2-3-4(5)6;1-3-2/h3-6H,1-2H3;2-3H2,1H3,(H2,5,6);3H2,1-2H3. The number of hydrogen-bond acceptors (Lipinski definition) is 1. The van der Waals surface area contributed by atoms with Crippen LogP contribution in [0.3, 0.4) is 0 Å². The highest BCUT2D eigenvalue weighted by molar-refractivity contribution is 5.73. The van der Waals surface area contributed by atoms with Crippen molar-refractivity contribution in [2.45, 2.75) is 53.9 Å². The van der Waals surface area contributed by atoms with Gasteiger partial charge in [0.05, 0.1) is 0 Å². The van der Waals surface area contributed by atoms with E-state index in [0.717, 1.165) is 6.42 Å². The second-order valence-electron chi connectivity index (χ2n) is 4.08. The van der Waals surface area contributed by atoms with E-state index in [1.54, 1.807) is 0 Å². The van der Waals surface area contributed by atoms with Crippen LogP contribution in [-0.2, 0) is 4.79 Å². The van der Waals surface area contributed by atoms with E-state index in [4.69, 9.17) is 5.73 Å². The molecule has 2 N–H and O–H groups in total. The highest BCUT2D eigenvalue weighted by Crippen LogP contribution is 2.00. The quantitative estimate of drug-likeness (QED) is 0.830. The van der Waals surface area contributed by atoms with E-state index in [2.05, 4.69) is 52.0 Å². The molecule has 0 bridgehead atoms. The van der Waals surface area contributed by atoms with Gasteiger partial charge >= 0.3 is 0 Å². The molecule has 0 atom stereocenters. The zero-order valence-corrected chi connectivity index (χ0v) is 11.9. The predicted octanol–water partition coefficient (Wildman–Crippen LogP) is 3.99. The molecule has 1 aromatic rings. The number of carbonyl (C=O) groups is 1. The minimum atomic E-state index is -0.211. The summed E-state index contributed by atoms with van der Waals surface area (Å²) in [6, 6.07) is 8.45. The van der Waals surface area contributed by atoms with E-state index >= 15 is 0 Å². The first-order valence-corrected chi connectivity index (χ1v) is 6.29.